The summed E-state index contributed by atoms with van der Waals surface area (Å²) in [7, 11) is 3.98. The summed E-state index contributed by atoms with van der Waals surface area (Å²) in [5.41, 5.74) is 1.65. The van der Waals surface area contributed by atoms with Crippen LogP contribution in [0.5, 0.6) is 5.88 Å². The quantitative estimate of drug-likeness (QED) is 0.300. The van der Waals surface area contributed by atoms with E-state index in [2.05, 4.69) is 51.8 Å². The Balaban J connectivity index is 1.61. The predicted octanol–water partition coefficient (Wildman–Crippen LogP) is 3.64. The van der Waals surface area contributed by atoms with Crippen LogP contribution in [0.1, 0.15) is 13.8 Å². The van der Waals surface area contributed by atoms with Crippen LogP contribution in [0.15, 0.2) is 47.2 Å². The number of nitrogens with one attached hydrogen (secondary N) is 3. The van der Waals surface area contributed by atoms with Gasteiger partial charge < -0.3 is 30.7 Å². The third-order valence-electron chi connectivity index (χ3n) is 4.65. The molecule has 0 fully saturated rings. The fraction of sp³-hybridized carbons (Fsp3) is 0.364. The second-order valence-corrected chi connectivity index (χ2v) is 8.62. The first-order chi connectivity index (χ1) is 15.8. The number of anilines is 5. The average Bonchev–Trinajstić information content (AvgIpc) is 2.77. The Kier molecular flexibility index (Phi) is 8.75. The zero-order valence-corrected chi connectivity index (χ0v) is 20.7. The molecule has 0 spiro atoms. The largest absolute Gasteiger partial charge is 0.476 e. The molecule has 0 bridgehead atoms. The number of rotatable bonds is 11. The van der Waals surface area contributed by atoms with Crippen LogP contribution in [-0.2, 0) is 0 Å². The molecule has 0 saturated carbocycles. The van der Waals surface area contributed by atoms with Crippen LogP contribution in [0, 0.1) is 0 Å². The van der Waals surface area contributed by atoms with Gasteiger partial charge in [-0.05, 0) is 68.1 Å². The van der Waals surface area contributed by atoms with Gasteiger partial charge in [0.05, 0.1) is 16.6 Å². The number of aliphatic hydroxyl groups excluding tert-OH is 1. The number of benzene rings is 1. The number of aliphatic hydroxyl groups is 1. The molecule has 11 heteroatoms. The van der Waals surface area contributed by atoms with E-state index in [0.29, 0.717) is 34.7 Å². The van der Waals surface area contributed by atoms with Gasteiger partial charge in [0.2, 0.25) is 17.8 Å². The van der Waals surface area contributed by atoms with Crippen molar-refractivity contribution in [3.8, 4) is 5.88 Å². The second-order valence-electron chi connectivity index (χ2n) is 7.76. The molecular formula is C22H29BrN8O2. The molecule has 2 atom stereocenters. The van der Waals surface area contributed by atoms with Gasteiger partial charge in [-0.25, -0.2) is 9.97 Å². The fourth-order valence-corrected chi connectivity index (χ4v) is 2.88. The summed E-state index contributed by atoms with van der Waals surface area (Å²) in [5.74, 6) is 2.01. The molecule has 4 N–H and O–H groups in total. The summed E-state index contributed by atoms with van der Waals surface area (Å²) in [5, 5.41) is 19.2. The molecule has 33 heavy (non-hydrogen) atoms. The highest BCUT2D eigenvalue weighted by Crippen LogP contribution is 2.24. The van der Waals surface area contributed by atoms with E-state index in [1.54, 1.807) is 25.4 Å². The van der Waals surface area contributed by atoms with E-state index in [1.807, 2.05) is 50.2 Å². The van der Waals surface area contributed by atoms with Crippen molar-refractivity contribution in [1.29, 1.82) is 0 Å². The maximum atomic E-state index is 9.72. The number of aromatic nitrogens is 4. The highest BCUT2D eigenvalue weighted by Gasteiger charge is 2.12. The van der Waals surface area contributed by atoms with Gasteiger partial charge in [0, 0.05) is 36.4 Å². The van der Waals surface area contributed by atoms with E-state index in [9.17, 15) is 5.11 Å². The van der Waals surface area contributed by atoms with E-state index in [1.165, 1.54) is 0 Å². The minimum atomic E-state index is -0.516. The number of halogens is 1. The highest BCUT2D eigenvalue weighted by molar-refractivity contribution is 9.10. The Morgan fingerprint density at radius 1 is 1.00 bits per heavy atom. The molecule has 0 saturated heterocycles. The van der Waals surface area contributed by atoms with Crippen LogP contribution >= 0.6 is 15.9 Å². The average molecular weight is 517 g/mol. The Hall–Kier alpha value is -3.02. The molecule has 0 aliphatic rings. The molecule has 0 unspecified atom stereocenters. The molecule has 0 amide bonds. The second kappa shape index (κ2) is 11.7. The van der Waals surface area contributed by atoms with Gasteiger partial charge in [-0.2, -0.15) is 9.97 Å². The minimum Gasteiger partial charge on any atom is -0.476 e. The van der Waals surface area contributed by atoms with Crippen LogP contribution < -0.4 is 20.7 Å². The summed E-state index contributed by atoms with van der Waals surface area (Å²) in [4.78, 5) is 19.4. The van der Waals surface area contributed by atoms with Crippen LogP contribution in [0.4, 0.5) is 29.1 Å². The molecular weight excluding hydrogens is 488 g/mol. The van der Waals surface area contributed by atoms with E-state index in [4.69, 9.17) is 4.74 Å². The van der Waals surface area contributed by atoms with Crippen molar-refractivity contribution in [2.24, 2.45) is 0 Å². The van der Waals surface area contributed by atoms with Gasteiger partial charge in [-0.15, -0.1) is 0 Å². The van der Waals surface area contributed by atoms with Gasteiger partial charge in [0.25, 0.3) is 0 Å². The monoisotopic (exact) mass is 516 g/mol. The molecule has 0 aliphatic carbocycles. The van der Waals surface area contributed by atoms with E-state index in [0.717, 1.165) is 17.9 Å². The lowest BCUT2D eigenvalue weighted by molar-refractivity contribution is 0.177. The van der Waals surface area contributed by atoms with Crippen LogP contribution in [0.25, 0.3) is 0 Å². The number of hydrogen-bond acceptors (Lipinski definition) is 10. The van der Waals surface area contributed by atoms with Crippen molar-refractivity contribution in [1.82, 2.24) is 24.8 Å². The molecule has 2 heterocycles. The molecule has 3 rings (SSSR count). The van der Waals surface area contributed by atoms with Gasteiger partial charge in [-0.3, -0.25) is 0 Å². The molecule has 0 aliphatic heterocycles. The lowest BCUT2D eigenvalue weighted by Crippen LogP contribution is -2.28. The van der Waals surface area contributed by atoms with Gasteiger partial charge in [0.15, 0.2) is 0 Å². The van der Waals surface area contributed by atoms with Crippen molar-refractivity contribution in [3.63, 3.8) is 0 Å². The molecule has 1 aromatic carbocycles. The van der Waals surface area contributed by atoms with Crippen molar-refractivity contribution < 1.29 is 9.84 Å². The molecule has 2 aromatic heterocycles. The minimum absolute atomic E-state index is 0.159. The smallest absolute Gasteiger partial charge is 0.230 e. The fourth-order valence-electron chi connectivity index (χ4n) is 2.58. The normalized spacial score (nSPS) is 12.8. The van der Waals surface area contributed by atoms with E-state index >= 15 is 0 Å². The number of ether oxygens (including phenoxy) is 1. The summed E-state index contributed by atoms with van der Waals surface area (Å²) >= 11 is 3.43. The molecule has 176 valence electrons. The summed E-state index contributed by atoms with van der Waals surface area (Å²) in [6.45, 7) is 4.96. The van der Waals surface area contributed by atoms with Gasteiger partial charge in [0.1, 0.15) is 12.4 Å². The topological polar surface area (TPSA) is 120 Å². The lowest BCUT2D eigenvalue weighted by atomic mass is 10.2. The SMILES string of the molecule is C[C@@H](O)[C@@H](C)Nc1nc(Nc2ccc(Nc3nccc(OCCN(C)C)n3)cc2)ncc1Br. The summed E-state index contributed by atoms with van der Waals surface area (Å²) in [6.07, 6.45) is 2.80. The lowest BCUT2D eigenvalue weighted by Gasteiger charge is -2.18. The highest BCUT2D eigenvalue weighted by atomic mass is 79.9. The van der Waals surface area contributed by atoms with Crippen molar-refractivity contribution >= 4 is 45.0 Å². The number of likely N-dealkylation sites (N-methyl/N-ethyl adjacent to an activating group) is 1. The molecule has 3 aromatic rings. The zero-order valence-electron chi connectivity index (χ0n) is 19.1. The first-order valence-corrected chi connectivity index (χ1v) is 11.3. The van der Waals surface area contributed by atoms with Gasteiger partial charge in [-0.1, -0.05) is 0 Å². The first-order valence-electron chi connectivity index (χ1n) is 10.5. The Labute approximate surface area is 202 Å². The standard InChI is InChI=1S/C22H29BrN8O2/c1-14(15(2)32)26-20-18(23)13-25-22(30-20)28-17-7-5-16(6-8-17)27-21-24-10-9-19(29-21)33-12-11-31(3)4/h5-10,13-15,32H,11-12H2,1-4H3,(H,24,27,29)(H2,25,26,28,30)/t14-,15-/m1/s1. The zero-order chi connectivity index (χ0) is 23.8. The Morgan fingerprint density at radius 2 is 1.64 bits per heavy atom. The van der Waals surface area contributed by atoms with E-state index in [-0.39, 0.29) is 6.04 Å². The Bertz CT molecular complexity index is 1030. The van der Waals surface area contributed by atoms with Crippen LogP contribution in [-0.4, -0.2) is 69.3 Å². The number of nitrogens with zero attached hydrogens (tertiary/aromatic N) is 5. The van der Waals surface area contributed by atoms with Gasteiger partial charge >= 0.3 is 0 Å². The molecule has 0 radical (unpaired) electrons. The predicted molar refractivity (Wildman–Crippen MR) is 134 cm³/mol. The summed E-state index contributed by atoms with van der Waals surface area (Å²) < 4.78 is 6.37. The Morgan fingerprint density at radius 3 is 2.24 bits per heavy atom. The maximum absolute atomic E-state index is 9.72. The van der Waals surface area contributed by atoms with Crippen molar-refractivity contribution in [3.05, 3.63) is 47.2 Å². The summed E-state index contributed by atoms with van der Waals surface area (Å²) in [6, 6.07) is 9.18. The number of hydrogen-bond donors (Lipinski definition) is 4. The van der Waals surface area contributed by atoms with Crippen molar-refractivity contribution in [2.45, 2.75) is 26.0 Å². The maximum Gasteiger partial charge on any atom is 0.230 e. The van der Waals surface area contributed by atoms with E-state index < -0.39 is 6.10 Å². The first kappa shape index (κ1) is 24.6. The molecule has 10 nitrogen and oxygen atoms in total. The van der Waals surface area contributed by atoms with Crippen LogP contribution in [0.3, 0.4) is 0 Å². The third kappa shape index (κ3) is 7.81. The van der Waals surface area contributed by atoms with Crippen molar-refractivity contribution in [2.75, 3.05) is 43.2 Å². The van der Waals surface area contributed by atoms with Crippen LogP contribution in [0.2, 0.25) is 0 Å². The third-order valence-corrected chi connectivity index (χ3v) is 5.23.